The minimum absolute atomic E-state index is 0.00739. The van der Waals surface area contributed by atoms with Crippen LogP contribution in [-0.4, -0.2) is 41.8 Å². The van der Waals surface area contributed by atoms with E-state index < -0.39 is 10.8 Å². The molecule has 100 valence electrons. The zero-order chi connectivity index (χ0) is 13.4. The van der Waals surface area contributed by atoms with E-state index in [4.69, 9.17) is 9.47 Å². The normalized spacial score (nSPS) is 12.1. The topological polar surface area (TPSA) is 52.6 Å². The van der Waals surface area contributed by atoms with Gasteiger partial charge in [-0.2, -0.15) is 0 Å². The third-order valence-corrected chi connectivity index (χ3v) is 3.50. The summed E-state index contributed by atoms with van der Waals surface area (Å²) in [4.78, 5) is 12.0. The van der Waals surface area contributed by atoms with Gasteiger partial charge in [-0.25, -0.2) is 0 Å². The number of rotatable bonds is 8. The Labute approximate surface area is 110 Å². The predicted octanol–water partition coefficient (Wildman–Crippen LogP) is 1.66. The summed E-state index contributed by atoms with van der Waals surface area (Å²) < 4.78 is 21.8. The third-order valence-electron chi connectivity index (χ3n) is 2.29. The van der Waals surface area contributed by atoms with Crippen molar-refractivity contribution in [2.45, 2.75) is 6.92 Å². The number of carbonyl (C=O) groups is 1. The maximum atomic E-state index is 12.0. The molecule has 0 N–H and O–H groups in total. The second-order valence-corrected chi connectivity index (χ2v) is 5.21. The van der Waals surface area contributed by atoms with Crippen LogP contribution in [0.1, 0.15) is 17.3 Å². The van der Waals surface area contributed by atoms with Crippen LogP contribution in [0.15, 0.2) is 24.3 Å². The first-order chi connectivity index (χ1) is 8.69. The van der Waals surface area contributed by atoms with Crippen molar-refractivity contribution in [1.29, 1.82) is 0 Å². The lowest BCUT2D eigenvalue weighted by atomic mass is 10.1. The molecule has 18 heavy (non-hydrogen) atoms. The van der Waals surface area contributed by atoms with E-state index in [1.54, 1.807) is 25.3 Å². The van der Waals surface area contributed by atoms with E-state index in [0.717, 1.165) is 0 Å². The molecule has 0 spiro atoms. The molecule has 5 heteroatoms. The van der Waals surface area contributed by atoms with Crippen LogP contribution in [0, 0.1) is 0 Å². The fourth-order valence-electron chi connectivity index (χ4n) is 1.45. The number of ether oxygens (including phenoxy) is 2. The fourth-order valence-corrected chi connectivity index (χ4v) is 2.40. The lowest BCUT2D eigenvalue weighted by Crippen LogP contribution is -2.16. The van der Waals surface area contributed by atoms with Gasteiger partial charge in [-0.3, -0.25) is 9.00 Å². The van der Waals surface area contributed by atoms with E-state index in [-0.39, 0.29) is 11.5 Å². The van der Waals surface area contributed by atoms with Crippen molar-refractivity contribution >= 4 is 16.6 Å². The van der Waals surface area contributed by atoms with Gasteiger partial charge in [-0.1, -0.05) is 12.1 Å². The Morgan fingerprint density at radius 1 is 1.33 bits per heavy atom. The first-order valence-electron chi connectivity index (χ1n) is 5.78. The minimum Gasteiger partial charge on any atom is -0.493 e. The van der Waals surface area contributed by atoms with Crippen LogP contribution in [0.5, 0.6) is 5.75 Å². The largest absolute Gasteiger partial charge is 0.493 e. The molecule has 0 saturated carbocycles. The molecule has 1 rings (SSSR count). The highest BCUT2D eigenvalue weighted by atomic mass is 32.2. The molecule has 0 saturated heterocycles. The number of hydrogen-bond acceptors (Lipinski definition) is 4. The summed E-state index contributed by atoms with van der Waals surface area (Å²) in [6, 6.07) is 7.02. The molecule has 0 amide bonds. The number of hydrogen-bond donors (Lipinski definition) is 0. The van der Waals surface area contributed by atoms with Crippen molar-refractivity contribution in [2.75, 3.05) is 31.8 Å². The molecule has 0 bridgehead atoms. The zero-order valence-electron chi connectivity index (χ0n) is 10.7. The second kappa shape index (κ2) is 8.00. The molecule has 1 aromatic rings. The van der Waals surface area contributed by atoms with Crippen LogP contribution in [0.2, 0.25) is 0 Å². The Morgan fingerprint density at radius 2 is 2.06 bits per heavy atom. The lowest BCUT2D eigenvalue weighted by Gasteiger charge is -2.08. The quantitative estimate of drug-likeness (QED) is 0.674. The highest BCUT2D eigenvalue weighted by Gasteiger charge is 2.14. The average Bonchev–Trinajstić information content (AvgIpc) is 2.37. The average molecular weight is 270 g/mol. The summed E-state index contributed by atoms with van der Waals surface area (Å²) in [5.74, 6) is 0.772. The standard InChI is InChI=1S/C13H18O4S/c1-3-17-13-7-5-4-6-11(13)12(14)10-18(15)9-8-16-2/h4-7H,3,8-10H2,1-2H3. The van der Waals surface area contributed by atoms with Crippen molar-refractivity contribution in [3.63, 3.8) is 0 Å². The molecule has 1 unspecified atom stereocenters. The van der Waals surface area contributed by atoms with Gasteiger partial charge >= 0.3 is 0 Å². The molecule has 0 aliphatic rings. The van der Waals surface area contributed by atoms with Crippen molar-refractivity contribution in [1.82, 2.24) is 0 Å². The van der Waals surface area contributed by atoms with Gasteiger partial charge in [0.05, 0.1) is 24.5 Å². The third kappa shape index (κ3) is 4.58. The number of para-hydroxylation sites is 1. The Kier molecular flexibility index (Phi) is 6.60. The molecule has 1 aromatic carbocycles. The van der Waals surface area contributed by atoms with Crippen LogP contribution >= 0.6 is 0 Å². The van der Waals surface area contributed by atoms with E-state index in [2.05, 4.69) is 0 Å². The van der Waals surface area contributed by atoms with Crippen LogP contribution in [-0.2, 0) is 15.5 Å². The Hall–Kier alpha value is -1.20. The molecule has 1 atom stereocenters. The van der Waals surface area contributed by atoms with Crippen molar-refractivity contribution in [3.05, 3.63) is 29.8 Å². The van der Waals surface area contributed by atoms with Crippen LogP contribution in [0.4, 0.5) is 0 Å². The molecule has 4 nitrogen and oxygen atoms in total. The number of benzene rings is 1. The second-order valence-electron chi connectivity index (χ2n) is 3.63. The summed E-state index contributed by atoms with van der Waals surface area (Å²) in [6.07, 6.45) is 0. The van der Waals surface area contributed by atoms with E-state index >= 15 is 0 Å². The van der Waals surface area contributed by atoms with Crippen molar-refractivity contribution in [2.24, 2.45) is 0 Å². The first-order valence-corrected chi connectivity index (χ1v) is 7.26. The summed E-state index contributed by atoms with van der Waals surface area (Å²) in [7, 11) is 0.352. The molecule has 0 radical (unpaired) electrons. The van der Waals surface area contributed by atoms with Gasteiger partial charge in [0, 0.05) is 23.7 Å². The van der Waals surface area contributed by atoms with Gasteiger partial charge in [-0.05, 0) is 19.1 Å². The molecule has 0 fully saturated rings. The highest BCUT2D eigenvalue weighted by Crippen LogP contribution is 2.18. The molecular weight excluding hydrogens is 252 g/mol. The van der Waals surface area contributed by atoms with Gasteiger partial charge in [-0.15, -0.1) is 0 Å². The van der Waals surface area contributed by atoms with Gasteiger partial charge in [0.15, 0.2) is 5.78 Å². The van der Waals surface area contributed by atoms with E-state index in [1.807, 2.05) is 13.0 Å². The van der Waals surface area contributed by atoms with E-state index in [9.17, 15) is 9.00 Å². The zero-order valence-corrected chi connectivity index (χ0v) is 11.5. The smallest absolute Gasteiger partial charge is 0.179 e. The fraction of sp³-hybridized carbons (Fsp3) is 0.462. The van der Waals surface area contributed by atoms with Crippen LogP contribution in [0.25, 0.3) is 0 Å². The Balaban J connectivity index is 2.68. The highest BCUT2D eigenvalue weighted by molar-refractivity contribution is 7.85. The van der Waals surface area contributed by atoms with Gasteiger partial charge in [0.2, 0.25) is 0 Å². The van der Waals surface area contributed by atoms with Crippen molar-refractivity contribution in [3.8, 4) is 5.75 Å². The number of carbonyl (C=O) groups excluding carboxylic acids is 1. The molecule has 0 heterocycles. The number of methoxy groups -OCH3 is 1. The maximum Gasteiger partial charge on any atom is 0.179 e. The molecule has 0 aromatic heterocycles. The van der Waals surface area contributed by atoms with E-state index in [0.29, 0.717) is 30.3 Å². The Morgan fingerprint density at radius 3 is 2.72 bits per heavy atom. The van der Waals surface area contributed by atoms with Crippen molar-refractivity contribution < 1.29 is 18.5 Å². The molecule has 0 aliphatic carbocycles. The first kappa shape index (κ1) is 14.9. The SMILES string of the molecule is CCOc1ccccc1C(=O)CS(=O)CCOC. The van der Waals surface area contributed by atoms with Gasteiger partial charge < -0.3 is 9.47 Å². The number of ketones is 1. The number of Topliss-reactive ketones (excluding diaryl/α,β-unsaturated/α-hetero) is 1. The van der Waals surface area contributed by atoms with E-state index in [1.165, 1.54) is 0 Å². The Bertz CT molecular complexity index is 417. The summed E-state index contributed by atoms with van der Waals surface area (Å²) >= 11 is 0. The van der Waals surface area contributed by atoms with Gasteiger partial charge in [0.25, 0.3) is 0 Å². The van der Waals surface area contributed by atoms with Gasteiger partial charge in [0.1, 0.15) is 5.75 Å². The van der Waals surface area contributed by atoms with Crippen LogP contribution in [0.3, 0.4) is 0 Å². The molecule has 0 aliphatic heterocycles. The lowest BCUT2D eigenvalue weighted by molar-refractivity contribution is 0.101. The van der Waals surface area contributed by atoms with Crippen LogP contribution < -0.4 is 4.74 Å². The molecular formula is C13H18O4S. The summed E-state index contributed by atoms with van der Waals surface area (Å²) in [6.45, 7) is 2.75. The monoisotopic (exact) mass is 270 g/mol. The summed E-state index contributed by atoms with van der Waals surface area (Å²) in [5.41, 5.74) is 0.491. The predicted molar refractivity (Wildman–Crippen MR) is 71.7 cm³/mol. The minimum atomic E-state index is -1.19. The maximum absolute atomic E-state index is 12.0. The summed E-state index contributed by atoms with van der Waals surface area (Å²) in [5, 5.41) is 0.